The number of piperazine rings is 1. The Hall–Kier alpha value is -1.10. The van der Waals surface area contributed by atoms with Crippen LogP contribution in [-0.2, 0) is 9.59 Å². The van der Waals surface area contributed by atoms with E-state index < -0.39 is 0 Å². The molecular formula is C14H23N3O2. The number of nitrogens with zero attached hydrogens (tertiary/aromatic N) is 2. The molecule has 0 bridgehead atoms. The summed E-state index contributed by atoms with van der Waals surface area (Å²) in [6, 6.07) is 0. The zero-order valence-electron chi connectivity index (χ0n) is 11.7. The summed E-state index contributed by atoms with van der Waals surface area (Å²) in [6.45, 7) is 6.60. The summed E-state index contributed by atoms with van der Waals surface area (Å²) in [6.07, 6.45) is 3.04. The second-order valence-electron chi connectivity index (χ2n) is 6.38. The molecule has 1 N–H and O–H groups in total. The van der Waals surface area contributed by atoms with Gasteiger partial charge in [0.05, 0.1) is 5.41 Å². The highest BCUT2D eigenvalue weighted by Gasteiger charge is 2.41. The third-order valence-corrected chi connectivity index (χ3v) is 4.69. The summed E-state index contributed by atoms with van der Waals surface area (Å²) in [4.78, 5) is 28.4. The number of rotatable bonds is 2. The summed E-state index contributed by atoms with van der Waals surface area (Å²) in [7, 11) is 0. The van der Waals surface area contributed by atoms with Crippen LogP contribution < -0.4 is 5.32 Å². The fraction of sp³-hybridized carbons (Fsp3) is 0.857. The summed E-state index contributed by atoms with van der Waals surface area (Å²) in [5, 5.41) is 3.27. The minimum absolute atomic E-state index is 0.233. The van der Waals surface area contributed by atoms with Gasteiger partial charge in [-0.2, -0.15) is 0 Å². The predicted octanol–water partition coefficient (Wildman–Crippen LogP) is 0.0668. The molecule has 106 valence electrons. The first-order valence-electron chi connectivity index (χ1n) is 7.39. The van der Waals surface area contributed by atoms with Gasteiger partial charge in [-0.1, -0.05) is 0 Å². The van der Waals surface area contributed by atoms with E-state index in [0.717, 1.165) is 32.4 Å². The minimum Gasteiger partial charge on any atom is -0.339 e. The largest absolute Gasteiger partial charge is 0.339 e. The van der Waals surface area contributed by atoms with Crippen molar-refractivity contribution < 1.29 is 9.59 Å². The molecular weight excluding hydrogens is 242 g/mol. The number of carbonyl (C=O) groups is 2. The Balaban J connectivity index is 1.54. The maximum atomic E-state index is 12.5. The minimum atomic E-state index is -0.233. The Morgan fingerprint density at radius 3 is 2.26 bits per heavy atom. The smallest absolute Gasteiger partial charge is 0.229 e. The quantitative estimate of drug-likeness (QED) is 0.768. The van der Waals surface area contributed by atoms with Crippen LogP contribution in [0.15, 0.2) is 0 Å². The van der Waals surface area contributed by atoms with Gasteiger partial charge in [0.1, 0.15) is 0 Å². The molecule has 0 aromatic heterocycles. The van der Waals surface area contributed by atoms with Gasteiger partial charge in [0.15, 0.2) is 0 Å². The van der Waals surface area contributed by atoms with Gasteiger partial charge in [-0.15, -0.1) is 0 Å². The highest BCUT2D eigenvalue weighted by molar-refractivity contribution is 5.84. The fourth-order valence-corrected chi connectivity index (χ4v) is 3.10. The van der Waals surface area contributed by atoms with Gasteiger partial charge >= 0.3 is 0 Å². The topological polar surface area (TPSA) is 52.7 Å². The van der Waals surface area contributed by atoms with Crippen LogP contribution >= 0.6 is 0 Å². The molecule has 2 aliphatic heterocycles. The molecule has 0 radical (unpaired) electrons. The number of hydrogen-bond donors (Lipinski definition) is 1. The van der Waals surface area contributed by atoms with E-state index in [1.807, 2.05) is 9.80 Å². The lowest BCUT2D eigenvalue weighted by Gasteiger charge is -2.38. The van der Waals surface area contributed by atoms with Crippen molar-refractivity contribution in [3.63, 3.8) is 0 Å². The fourth-order valence-electron chi connectivity index (χ4n) is 3.10. The SMILES string of the molecule is CC1(C(=O)N2CCN(C(=O)C3CC3)CC2)CCNC1. The van der Waals surface area contributed by atoms with Crippen molar-refractivity contribution in [1.29, 1.82) is 0 Å². The molecule has 0 aromatic rings. The van der Waals surface area contributed by atoms with Crippen LogP contribution in [0.25, 0.3) is 0 Å². The van der Waals surface area contributed by atoms with Gasteiger partial charge in [0.2, 0.25) is 11.8 Å². The third kappa shape index (κ3) is 2.48. The molecule has 1 saturated carbocycles. The summed E-state index contributed by atoms with van der Waals surface area (Å²) < 4.78 is 0. The van der Waals surface area contributed by atoms with E-state index in [4.69, 9.17) is 0 Å². The van der Waals surface area contributed by atoms with E-state index in [1.165, 1.54) is 0 Å². The molecule has 2 heterocycles. The molecule has 3 fully saturated rings. The molecule has 5 heteroatoms. The van der Waals surface area contributed by atoms with Gasteiger partial charge in [0.25, 0.3) is 0 Å². The second-order valence-corrected chi connectivity index (χ2v) is 6.38. The maximum Gasteiger partial charge on any atom is 0.229 e. The Morgan fingerprint density at radius 2 is 1.74 bits per heavy atom. The highest BCUT2D eigenvalue weighted by Crippen LogP contribution is 2.32. The molecule has 0 spiro atoms. The van der Waals surface area contributed by atoms with Crippen molar-refractivity contribution in [3.05, 3.63) is 0 Å². The van der Waals surface area contributed by atoms with Crippen molar-refractivity contribution in [2.45, 2.75) is 26.2 Å². The van der Waals surface area contributed by atoms with Gasteiger partial charge in [-0.05, 0) is 32.7 Å². The molecule has 19 heavy (non-hydrogen) atoms. The molecule has 2 saturated heterocycles. The van der Waals surface area contributed by atoms with Crippen LogP contribution in [0.5, 0.6) is 0 Å². The van der Waals surface area contributed by atoms with Crippen molar-refractivity contribution in [1.82, 2.24) is 15.1 Å². The first-order chi connectivity index (χ1) is 9.10. The summed E-state index contributed by atoms with van der Waals surface area (Å²) in [5.74, 6) is 0.857. The summed E-state index contributed by atoms with van der Waals surface area (Å²) in [5.41, 5.74) is -0.233. The van der Waals surface area contributed by atoms with E-state index >= 15 is 0 Å². The van der Waals surface area contributed by atoms with Crippen molar-refractivity contribution in [2.24, 2.45) is 11.3 Å². The zero-order chi connectivity index (χ0) is 13.5. The van der Waals surface area contributed by atoms with Gasteiger partial charge in [0, 0.05) is 38.6 Å². The molecule has 1 unspecified atom stereocenters. The number of amides is 2. The van der Waals surface area contributed by atoms with Crippen LogP contribution in [0.3, 0.4) is 0 Å². The van der Waals surface area contributed by atoms with E-state index in [2.05, 4.69) is 12.2 Å². The zero-order valence-corrected chi connectivity index (χ0v) is 11.7. The first kappa shape index (κ1) is 12.9. The molecule has 3 rings (SSSR count). The monoisotopic (exact) mass is 265 g/mol. The molecule has 2 amide bonds. The predicted molar refractivity (Wildman–Crippen MR) is 71.5 cm³/mol. The number of hydrogen-bond acceptors (Lipinski definition) is 3. The Morgan fingerprint density at radius 1 is 1.11 bits per heavy atom. The first-order valence-corrected chi connectivity index (χ1v) is 7.39. The lowest BCUT2D eigenvalue weighted by atomic mass is 9.88. The van der Waals surface area contributed by atoms with E-state index in [-0.39, 0.29) is 11.3 Å². The van der Waals surface area contributed by atoms with Crippen LogP contribution in [-0.4, -0.2) is 60.9 Å². The van der Waals surface area contributed by atoms with Crippen LogP contribution in [0.2, 0.25) is 0 Å². The second kappa shape index (κ2) is 4.78. The van der Waals surface area contributed by atoms with Crippen LogP contribution in [0.4, 0.5) is 0 Å². The maximum absolute atomic E-state index is 12.5. The Kier molecular flexibility index (Phi) is 3.25. The Labute approximate surface area is 114 Å². The van der Waals surface area contributed by atoms with Gasteiger partial charge in [-0.25, -0.2) is 0 Å². The Bertz CT molecular complexity index is 378. The number of carbonyl (C=O) groups excluding carboxylic acids is 2. The highest BCUT2D eigenvalue weighted by atomic mass is 16.2. The standard InChI is InChI=1S/C14H23N3O2/c1-14(4-5-15-10-14)13(19)17-8-6-16(7-9-17)12(18)11-2-3-11/h11,15H,2-10H2,1H3. The van der Waals surface area contributed by atoms with Crippen LogP contribution in [0.1, 0.15) is 26.2 Å². The molecule has 3 aliphatic rings. The lowest BCUT2D eigenvalue weighted by molar-refractivity contribution is -0.145. The average Bonchev–Trinajstić information content (AvgIpc) is 3.19. The molecule has 1 atom stereocenters. The van der Waals surface area contributed by atoms with E-state index in [0.29, 0.717) is 38.0 Å². The van der Waals surface area contributed by atoms with E-state index in [9.17, 15) is 9.59 Å². The van der Waals surface area contributed by atoms with Crippen molar-refractivity contribution in [2.75, 3.05) is 39.3 Å². The molecule has 5 nitrogen and oxygen atoms in total. The molecule has 0 aromatic carbocycles. The van der Waals surface area contributed by atoms with Gasteiger partial charge in [-0.3, -0.25) is 9.59 Å². The van der Waals surface area contributed by atoms with E-state index in [1.54, 1.807) is 0 Å². The number of nitrogens with one attached hydrogen (secondary N) is 1. The third-order valence-electron chi connectivity index (χ3n) is 4.69. The van der Waals surface area contributed by atoms with Gasteiger partial charge < -0.3 is 15.1 Å². The molecule has 1 aliphatic carbocycles. The van der Waals surface area contributed by atoms with Crippen molar-refractivity contribution >= 4 is 11.8 Å². The summed E-state index contributed by atoms with van der Waals surface area (Å²) >= 11 is 0. The average molecular weight is 265 g/mol. The normalized spacial score (nSPS) is 31.6. The van der Waals surface area contributed by atoms with Crippen LogP contribution in [0, 0.1) is 11.3 Å². The lowest BCUT2D eigenvalue weighted by Crippen LogP contribution is -2.54. The van der Waals surface area contributed by atoms with Crippen molar-refractivity contribution in [3.8, 4) is 0 Å².